The summed E-state index contributed by atoms with van der Waals surface area (Å²) in [6.07, 6.45) is 1.00. The molecular formula is C31H29NO4. The van der Waals surface area contributed by atoms with Crippen molar-refractivity contribution in [2.45, 2.75) is 32.6 Å². The minimum absolute atomic E-state index is 0.0131. The number of para-hydroxylation sites is 1. The van der Waals surface area contributed by atoms with E-state index in [1.807, 2.05) is 72.8 Å². The van der Waals surface area contributed by atoms with Gasteiger partial charge in [0.25, 0.3) is 0 Å². The van der Waals surface area contributed by atoms with Crippen LogP contribution < -0.4 is 10.1 Å². The van der Waals surface area contributed by atoms with Crippen LogP contribution >= 0.6 is 0 Å². The van der Waals surface area contributed by atoms with Gasteiger partial charge in [-0.05, 0) is 35.2 Å². The molecule has 0 saturated heterocycles. The molecule has 3 aromatic carbocycles. The van der Waals surface area contributed by atoms with Crippen LogP contribution in [-0.4, -0.2) is 18.7 Å². The predicted octanol–water partition coefficient (Wildman–Crippen LogP) is 6.66. The summed E-state index contributed by atoms with van der Waals surface area (Å²) in [5.41, 5.74) is 2.92. The maximum atomic E-state index is 14.1. The van der Waals surface area contributed by atoms with Gasteiger partial charge in [0.15, 0.2) is 11.6 Å². The van der Waals surface area contributed by atoms with Crippen molar-refractivity contribution >= 4 is 17.3 Å². The monoisotopic (exact) mass is 479 g/mol. The topological polar surface area (TPSA) is 64.6 Å². The van der Waals surface area contributed by atoms with Crippen LogP contribution in [0.5, 0.6) is 5.75 Å². The van der Waals surface area contributed by atoms with Crippen molar-refractivity contribution in [2.75, 3.05) is 12.4 Å². The zero-order valence-corrected chi connectivity index (χ0v) is 20.7. The molecule has 0 aromatic heterocycles. The number of hydrogen-bond acceptors (Lipinski definition) is 5. The van der Waals surface area contributed by atoms with Crippen molar-refractivity contribution in [3.8, 4) is 5.75 Å². The second-order valence-electron chi connectivity index (χ2n) is 10.0. The van der Waals surface area contributed by atoms with Gasteiger partial charge in [-0.25, -0.2) is 0 Å². The number of ketones is 2. The summed E-state index contributed by atoms with van der Waals surface area (Å²) in [7, 11) is 1.61. The van der Waals surface area contributed by atoms with Gasteiger partial charge in [0.05, 0.1) is 18.6 Å². The molecule has 1 aliphatic heterocycles. The van der Waals surface area contributed by atoms with Crippen molar-refractivity contribution in [1.82, 2.24) is 0 Å². The molecule has 5 rings (SSSR count). The Balaban J connectivity index is 1.73. The van der Waals surface area contributed by atoms with Crippen LogP contribution in [0.1, 0.15) is 48.5 Å². The molecular weight excluding hydrogens is 450 g/mol. The molecule has 1 N–H and O–H groups in total. The molecule has 0 bridgehead atoms. The van der Waals surface area contributed by atoms with E-state index in [2.05, 4.69) is 19.2 Å². The van der Waals surface area contributed by atoms with Gasteiger partial charge in [0, 0.05) is 29.7 Å². The first-order valence-corrected chi connectivity index (χ1v) is 12.1. The van der Waals surface area contributed by atoms with Gasteiger partial charge in [0.2, 0.25) is 5.88 Å². The van der Waals surface area contributed by atoms with Crippen LogP contribution in [0.3, 0.4) is 0 Å². The molecule has 0 fully saturated rings. The number of nitrogens with one attached hydrogen (secondary N) is 1. The summed E-state index contributed by atoms with van der Waals surface area (Å²) in [4.78, 5) is 27.7. The number of rotatable bonds is 6. The summed E-state index contributed by atoms with van der Waals surface area (Å²) in [5.74, 6) is 0.958. The number of methoxy groups -OCH3 is 1. The average molecular weight is 480 g/mol. The zero-order valence-electron chi connectivity index (χ0n) is 20.7. The van der Waals surface area contributed by atoms with Crippen LogP contribution in [0.2, 0.25) is 0 Å². The van der Waals surface area contributed by atoms with Gasteiger partial charge in [0.1, 0.15) is 11.5 Å². The number of carbonyl (C=O) groups is 2. The Bertz CT molecular complexity index is 1350. The molecule has 0 radical (unpaired) electrons. The first kappa shape index (κ1) is 23.6. The molecule has 36 heavy (non-hydrogen) atoms. The number of carbonyl (C=O) groups excluding carboxylic acids is 2. The maximum Gasteiger partial charge on any atom is 0.205 e. The standard InChI is InChI=1S/C31H29NO4/c1-31(2)18-24(33)27-25(19-31)36-30(32-22-12-8-5-9-13-22)28(29(34)21-10-6-4-7-11-21)26(27)20-14-16-23(35-3)17-15-20/h4-17,26,32H,18-19H2,1-3H3. The lowest BCUT2D eigenvalue weighted by molar-refractivity contribution is -0.119. The highest BCUT2D eigenvalue weighted by Gasteiger charge is 2.45. The maximum absolute atomic E-state index is 14.1. The fourth-order valence-corrected chi connectivity index (χ4v) is 5.00. The van der Waals surface area contributed by atoms with Crippen molar-refractivity contribution in [2.24, 2.45) is 5.41 Å². The molecule has 1 aliphatic carbocycles. The fourth-order valence-electron chi connectivity index (χ4n) is 5.00. The highest BCUT2D eigenvalue weighted by molar-refractivity contribution is 6.13. The third-order valence-corrected chi connectivity index (χ3v) is 6.69. The molecule has 1 atom stereocenters. The van der Waals surface area contributed by atoms with E-state index in [0.29, 0.717) is 46.9 Å². The van der Waals surface area contributed by atoms with Crippen molar-refractivity contribution < 1.29 is 19.1 Å². The van der Waals surface area contributed by atoms with Crippen molar-refractivity contribution in [1.29, 1.82) is 0 Å². The molecule has 0 amide bonds. The van der Waals surface area contributed by atoms with Crippen molar-refractivity contribution in [3.63, 3.8) is 0 Å². The van der Waals surface area contributed by atoms with E-state index in [-0.39, 0.29) is 17.0 Å². The predicted molar refractivity (Wildman–Crippen MR) is 140 cm³/mol. The van der Waals surface area contributed by atoms with E-state index < -0.39 is 5.92 Å². The average Bonchev–Trinajstić information content (AvgIpc) is 2.88. The highest BCUT2D eigenvalue weighted by Crippen LogP contribution is 2.49. The van der Waals surface area contributed by atoms with Crippen LogP contribution in [0.4, 0.5) is 5.69 Å². The first-order chi connectivity index (χ1) is 17.4. The van der Waals surface area contributed by atoms with Gasteiger partial charge in [-0.2, -0.15) is 0 Å². The van der Waals surface area contributed by atoms with Gasteiger partial charge in [-0.1, -0.05) is 74.5 Å². The third-order valence-electron chi connectivity index (χ3n) is 6.69. The number of benzene rings is 3. The smallest absolute Gasteiger partial charge is 0.205 e. The normalized spacial score (nSPS) is 18.9. The number of hydrogen-bond donors (Lipinski definition) is 1. The first-order valence-electron chi connectivity index (χ1n) is 12.1. The number of allylic oxidation sites excluding steroid dienone is 3. The minimum atomic E-state index is -0.567. The Morgan fingerprint density at radius 1 is 0.917 bits per heavy atom. The Morgan fingerprint density at radius 3 is 2.19 bits per heavy atom. The quantitative estimate of drug-likeness (QED) is 0.401. The molecule has 182 valence electrons. The van der Waals surface area contributed by atoms with Crippen molar-refractivity contribution in [3.05, 3.63) is 119 Å². The second kappa shape index (κ2) is 9.50. The molecule has 0 spiro atoms. The Hall–Kier alpha value is -4.12. The molecule has 1 unspecified atom stereocenters. The Labute approximate surface area is 211 Å². The van der Waals surface area contributed by atoms with E-state index >= 15 is 0 Å². The lowest BCUT2D eigenvalue weighted by atomic mass is 9.69. The van der Waals surface area contributed by atoms with E-state index in [1.54, 1.807) is 19.2 Å². The molecule has 3 aromatic rings. The SMILES string of the molecule is COc1ccc(C2C3=C(CC(C)(C)CC3=O)OC(Nc3ccccc3)=C2C(=O)c2ccccc2)cc1. The zero-order chi connectivity index (χ0) is 25.3. The van der Waals surface area contributed by atoms with Gasteiger partial charge >= 0.3 is 0 Å². The summed E-state index contributed by atoms with van der Waals surface area (Å²) in [6.45, 7) is 4.14. The fraction of sp³-hybridized carbons (Fsp3) is 0.226. The largest absolute Gasteiger partial charge is 0.497 e. The number of anilines is 1. The minimum Gasteiger partial charge on any atom is -0.497 e. The molecule has 1 heterocycles. The Kier molecular flexibility index (Phi) is 6.23. The molecule has 0 saturated carbocycles. The van der Waals surface area contributed by atoms with Crippen LogP contribution in [-0.2, 0) is 9.53 Å². The lowest BCUT2D eigenvalue weighted by Crippen LogP contribution is -2.35. The lowest BCUT2D eigenvalue weighted by Gasteiger charge is -2.39. The summed E-state index contributed by atoms with van der Waals surface area (Å²) in [6, 6.07) is 26.3. The van der Waals surface area contributed by atoms with E-state index in [0.717, 1.165) is 11.3 Å². The summed E-state index contributed by atoms with van der Waals surface area (Å²) in [5, 5.41) is 3.35. The van der Waals surface area contributed by atoms with Crippen LogP contribution in [0.15, 0.2) is 108 Å². The number of Topliss-reactive ketones (excluding diaryl/α,β-unsaturated/α-hetero) is 2. The van der Waals surface area contributed by atoms with E-state index in [4.69, 9.17) is 9.47 Å². The highest BCUT2D eigenvalue weighted by atomic mass is 16.5. The van der Waals surface area contributed by atoms with Gasteiger partial charge in [-0.15, -0.1) is 0 Å². The Morgan fingerprint density at radius 2 is 1.56 bits per heavy atom. The molecule has 5 nitrogen and oxygen atoms in total. The second-order valence-corrected chi connectivity index (χ2v) is 10.0. The van der Waals surface area contributed by atoms with Crippen LogP contribution in [0.25, 0.3) is 0 Å². The van der Waals surface area contributed by atoms with Crippen LogP contribution in [0, 0.1) is 5.41 Å². The third kappa shape index (κ3) is 4.57. The van der Waals surface area contributed by atoms with E-state index in [1.165, 1.54) is 0 Å². The molecule has 5 heteroatoms. The van der Waals surface area contributed by atoms with E-state index in [9.17, 15) is 9.59 Å². The van der Waals surface area contributed by atoms with Gasteiger partial charge < -0.3 is 14.8 Å². The van der Waals surface area contributed by atoms with Gasteiger partial charge in [-0.3, -0.25) is 9.59 Å². The molecule has 2 aliphatic rings. The summed E-state index contributed by atoms with van der Waals surface area (Å²) >= 11 is 0. The number of ether oxygens (including phenoxy) is 2. The summed E-state index contributed by atoms with van der Waals surface area (Å²) < 4.78 is 11.8.